The van der Waals surface area contributed by atoms with E-state index < -0.39 is 18.1 Å². The molecular formula is C15H20N2O4. The zero-order chi connectivity index (χ0) is 15.2. The number of ether oxygens (including phenoxy) is 2. The fourth-order valence-electron chi connectivity index (χ4n) is 2.37. The van der Waals surface area contributed by atoms with Gasteiger partial charge in [0.2, 0.25) is 0 Å². The summed E-state index contributed by atoms with van der Waals surface area (Å²) in [4.78, 5) is 25.3. The van der Waals surface area contributed by atoms with Gasteiger partial charge in [-0.25, -0.2) is 9.59 Å². The number of nitrogens with two attached hydrogens (primary N) is 1. The van der Waals surface area contributed by atoms with Crippen LogP contribution in [-0.4, -0.2) is 42.7 Å². The molecule has 2 N–H and O–H groups in total. The Balaban J connectivity index is 1.97. The Labute approximate surface area is 123 Å². The first-order valence-corrected chi connectivity index (χ1v) is 6.92. The summed E-state index contributed by atoms with van der Waals surface area (Å²) in [6.45, 7) is 0.574. The van der Waals surface area contributed by atoms with Gasteiger partial charge in [-0.3, -0.25) is 4.90 Å². The minimum absolute atomic E-state index is 0.104. The normalized spacial score (nSPS) is 21.7. The molecule has 1 saturated heterocycles. The van der Waals surface area contributed by atoms with Gasteiger partial charge in [0.05, 0.1) is 7.11 Å². The molecule has 0 spiro atoms. The van der Waals surface area contributed by atoms with E-state index in [1.165, 1.54) is 12.0 Å². The molecule has 0 saturated carbocycles. The number of hydrogen-bond acceptors (Lipinski definition) is 5. The van der Waals surface area contributed by atoms with Crippen molar-refractivity contribution in [1.82, 2.24) is 4.90 Å². The van der Waals surface area contributed by atoms with E-state index in [1.807, 2.05) is 30.3 Å². The first-order valence-electron chi connectivity index (χ1n) is 6.92. The summed E-state index contributed by atoms with van der Waals surface area (Å²) in [6.07, 6.45) is 0.530. The smallest absolute Gasteiger partial charge is 0.410 e. The predicted molar refractivity (Wildman–Crippen MR) is 76.3 cm³/mol. The molecule has 21 heavy (non-hydrogen) atoms. The SMILES string of the molecule is COC(=O)[C@@H]1C[C@@H](N)CCN1C(=O)OCc1ccccc1. The second-order valence-corrected chi connectivity index (χ2v) is 5.06. The number of piperidine rings is 1. The summed E-state index contributed by atoms with van der Waals surface area (Å²) >= 11 is 0. The van der Waals surface area contributed by atoms with E-state index in [0.717, 1.165) is 5.56 Å². The molecule has 1 aliphatic rings. The summed E-state index contributed by atoms with van der Waals surface area (Å²) in [5, 5.41) is 0. The number of benzene rings is 1. The Morgan fingerprint density at radius 3 is 2.71 bits per heavy atom. The van der Waals surface area contributed by atoms with E-state index in [2.05, 4.69) is 0 Å². The average molecular weight is 292 g/mol. The van der Waals surface area contributed by atoms with Gasteiger partial charge >= 0.3 is 12.1 Å². The summed E-state index contributed by atoms with van der Waals surface area (Å²) in [5.41, 5.74) is 6.76. The van der Waals surface area contributed by atoms with Crippen molar-refractivity contribution in [1.29, 1.82) is 0 Å². The van der Waals surface area contributed by atoms with Crippen LogP contribution in [0.1, 0.15) is 18.4 Å². The van der Waals surface area contributed by atoms with Crippen LogP contribution in [0.3, 0.4) is 0 Å². The van der Waals surface area contributed by atoms with E-state index in [1.54, 1.807) is 0 Å². The molecule has 0 aliphatic carbocycles. The van der Waals surface area contributed by atoms with Gasteiger partial charge in [-0.15, -0.1) is 0 Å². The van der Waals surface area contributed by atoms with Gasteiger partial charge in [-0.2, -0.15) is 0 Å². The van der Waals surface area contributed by atoms with Crippen molar-refractivity contribution in [2.75, 3.05) is 13.7 Å². The highest BCUT2D eigenvalue weighted by Gasteiger charge is 2.36. The minimum Gasteiger partial charge on any atom is -0.467 e. The lowest BCUT2D eigenvalue weighted by atomic mass is 9.98. The van der Waals surface area contributed by atoms with Gasteiger partial charge in [0.25, 0.3) is 0 Å². The van der Waals surface area contributed by atoms with Crippen molar-refractivity contribution in [3.63, 3.8) is 0 Å². The molecule has 2 rings (SSSR count). The predicted octanol–water partition coefficient (Wildman–Crippen LogP) is 1.29. The molecule has 1 amide bonds. The van der Waals surface area contributed by atoms with Crippen molar-refractivity contribution >= 4 is 12.1 Å². The van der Waals surface area contributed by atoms with Crippen LogP contribution in [-0.2, 0) is 20.9 Å². The van der Waals surface area contributed by atoms with Gasteiger partial charge in [0.15, 0.2) is 0 Å². The van der Waals surface area contributed by atoms with Gasteiger partial charge < -0.3 is 15.2 Å². The molecule has 1 fully saturated rings. The number of carbonyl (C=O) groups is 2. The monoisotopic (exact) mass is 292 g/mol. The fraction of sp³-hybridized carbons (Fsp3) is 0.467. The third-order valence-corrected chi connectivity index (χ3v) is 3.56. The lowest BCUT2D eigenvalue weighted by molar-refractivity contribution is -0.147. The second kappa shape index (κ2) is 7.08. The van der Waals surface area contributed by atoms with E-state index in [9.17, 15) is 9.59 Å². The molecule has 0 aromatic heterocycles. The van der Waals surface area contributed by atoms with Gasteiger partial charge in [-0.05, 0) is 18.4 Å². The molecule has 1 aromatic rings. The highest BCUT2D eigenvalue weighted by molar-refractivity contribution is 5.81. The third kappa shape index (κ3) is 3.95. The van der Waals surface area contributed by atoms with Crippen LogP contribution in [0.15, 0.2) is 30.3 Å². The van der Waals surface area contributed by atoms with Crippen LogP contribution in [0.4, 0.5) is 4.79 Å². The summed E-state index contributed by atoms with van der Waals surface area (Å²) < 4.78 is 10.0. The molecular weight excluding hydrogens is 272 g/mol. The molecule has 0 radical (unpaired) electrons. The Morgan fingerprint density at radius 2 is 2.05 bits per heavy atom. The fourth-order valence-corrected chi connectivity index (χ4v) is 2.37. The lowest BCUT2D eigenvalue weighted by Crippen LogP contribution is -2.53. The maximum Gasteiger partial charge on any atom is 0.410 e. The highest BCUT2D eigenvalue weighted by Crippen LogP contribution is 2.19. The Hall–Kier alpha value is -2.08. The standard InChI is InChI=1S/C15H20N2O4/c1-20-14(18)13-9-12(16)7-8-17(13)15(19)21-10-11-5-3-2-4-6-11/h2-6,12-13H,7-10,16H2,1H3/t12-,13-/m0/s1. The van der Waals surface area contributed by atoms with Crippen LogP contribution in [0.5, 0.6) is 0 Å². The van der Waals surface area contributed by atoms with Crippen LogP contribution in [0.2, 0.25) is 0 Å². The van der Waals surface area contributed by atoms with Crippen LogP contribution in [0, 0.1) is 0 Å². The molecule has 1 aromatic carbocycles. The average Bonchev–Trinajstić information content (AvgIpc) is 2.52. The summed E-state index contributed by atoms with van der Waals surface area (Å²) in [5.74, 6) is -0.457. The number of amides is 1. The number of rotatable bonds is 3. The van der Waals surface area contributed by atoms with E-state index in [-0.39, 0.29) is 12.6 Å². The largest absolute Gasteiger partial charge is 0.467 e. The maximum atomic E-state index is 12.2. The van der Waals surface area contributed by atoms with Crippen LogP contribution >= 0.6 is 0 Å². The molecule has 1 heterocycles. The van der Waals surface area contributed by atoms with Crippen LogP contribution < -0.4 is 5.73 Å². The van der Waals surface area contributed by atoms with Crippen molar-refractivity contribution in [2.24, 2.45) is 5.73 Å². The summed E-state index contributed by atoms with van der Waals surface area (Å²) in [7, 11) is 1.30. The van der Waals surface area contributed by atoms with E-state index >= 15 is 0 Å². The number of likely N-dealkylation sites (tertiary alicyclic amines) is 1. The summed E-state index contributed by atoms with van der Waals surface area (Å²) in [6, 6.07) is 8.62. The number of methoxy groups -OCH3 is 1. The molecule has 0 bridgehead atoms. The zero-order valence-electron chi connectivity index (χ0n) is 12.0. The molecule has 6 heteroatoms. The zero-order valence-corrected chi connectivity index (χ0v) is 12.0. The molecule has 114 valence electrons. The number of esters is 1. The molecule has 1 aliphatic heterocycles. The van der Waals surface area contributed by atoms with Gasteiger partial charge in [0, 0.05) is 12.6 Å². The first kappa shape index (κ1) is 15.3. The number of carbonyl (C=O) groups excluding carboxylic acids is 2. The molecule has 6 nitrogen and oxygen atoms in total. The first-order chi connectivity index (χ1) is 10.1. The molecule has 2 atom stereocenters. The van der Waals surface area contributed by atoms with Gasteiger partial charge in [-0.1, -0.05) is 30.3 Å². The topological polar surface area (TPSA) is 81.9 Å². The quantitative estimate of drug-likeness (QED) is 0.849. The Bertz CT molecular complexity index is 492. The molecule has 0 unspecified atom stereocenters. The number of nitrogens with zero attached hydrogens (tertiary/aromatic N) is 1. The Morgan fingerprint density at radius 1 is 1.33 bits per heavy atom. The van der Waals surface area contributed by atoms with Crippen molar-refractivity contribution in [3.05, 3.63) is 35.9 Å². The lowest BCUT2D eigenvalue weighted by Gasteiger charge is -2.35. The number of hydrogen-bond donors (Lipinski definition) is 1. The van der Waals surface area contributed by atoms with Crippen molar-refractivity contribution < 1.29 is 19.1 Å². The third-order valence-electron chi connectivity index (χ3n) is 3.56. The second-order valence-electron chi connectivity index (χ2n) is 5.06. The van der Waals surface area contributed by atoms with Crippen molar-refractivity contribution in [3.8, 4) is 0 Å². The van der Waals surface area contributed by atoms with E-state index in [0.29, 0.717) is 19.4 Å². The Kier molecular flexibility index (Phi) is 5.16. The van der Waals surface area contributed by atoms with Gasteiger partial charge in [0.1, 0.15) is 12.6 Å². The minimum atomic E-state index is -0.665. The van der Waals surface area contributed by atoms with E-state index in [4.69, 9.17) is 15.2 Å². The maximum absolute atomic E-state index is 12.2. The highest BCUT2D eigenvalue weighted by atomic mass is 16.6. The van der Waals surface area contributed by atoms with Crippen molar-refractivity contribution in [2.45, 2.75) is 31.5 Å². The van der Waals surface area contributed by atoms with Crippen LogP contribution in [0.25, 0.3) is 0 Å².